The fourth-order valence-electron chi connectivity index (χ4n) is 1.31. The molecule has 0 bridgehead atoms. The molecule has 4 nitrogen and oxygen atoms in total. The van der Waals surface area contributed by atoms with Gasteiger partial charge in [0.25, 0.3) is 5.91 Å². The molecular weight excluding hydrogens is 216 g/mol. The smallest absolute Gasteiger partial charge is 0.250 e. The van der Waals surface area contributed by atoms with Crippen molar-refractivity contribution >= 4 is 11.6 Å². The molecule has 0 heterocycles. The number of anilines is 1. The van der Waals surface area contributed by atoms with Crippen molar-refractivity contribution in [1.82, 2.24) is 0 Å². The van der Waals surface area contributed by atoms with Gasteiger partial charge >= 0.3 is 0 Å². The molecule has 0 spiro atoms. The summed E-state index contributed by atoms with van der Waals surface area (Å²) in [5.41, 5.74) is 11.7. The molecule has 4 N–H and O–H groups in total. The summed E-state index contributed by atoms with van der Waals surface area (Å²) in [6.07, 6.45) is 0.934. The van der Waals surface area contributed by atoms with E-state index < -0.39 is 5.91 Å². The van der Waals surface area contributed by atoms with Crippen molar-refractivity contribution in [3.63, 3.8) is 0 Å². The highest BCUT2D eigenvalue weighted by molar-refractivity contribution is 5.98. The highest BCUT2D eigenvalue weighted by Crippen LogP contribution is 2.22. The molecule has 1 aromatic carbocycles. The third-order valence-corrected chi connectivity index (χ3v) is 2.41. The summed E-state index contributed by atoms with van der Waals surface area (Å²) in [5, 5.41) is 0. The van der Waals surface area contributed by atoms with Crippen molar-refractivity contribution in [3.05, 3.63) is 23.8 Å². The minimum absolute atomic E-state index is 0.223. The molecule has 94 valence electrons. The second kappa shape index (κ2) is 5.08. The number of carbonyl (C=O) groups is 1. The van der Waals surface area contributed by atoms with E-state index in [4.69, 9.17) is 16.2 Å². The van der Waals surface area contributed by atoms with Crippen LogP contribution in [0.3, 0.4) is 0 Å². The van der Waals surface area contributed by atoms with Crippen LogP contribution in [0.5, 0.6) is 5.75 Å². The minimum Gasteiger partial charge on any atom is -0.494 e. The zero-order valence-electron chi connectivity index (χ0n) is 10.6. The molecule has 0 unspecified atom stereocenters. The normalized spacial score (nSPS) is 11.2. The van der Waals surface area contributed by atoms with Crippen molar-refractivity contribution in [2.24, 2.45) is 11.1 Å². The predicted octanol–water partition coefficient (Wildman–Crippen LogP) is 2.18. The van der Waals surface area contributed by atoms with Gasteiger partial charge in [-0.3, -0.25) is 4.79 Å². The topological polar surface area (TPSA) is 78.3 Å². The zero-order valence-corrected chi connectivity index (χ0v) is 10.6. The van der Waals surface area contributed by atoms with Crippen LogP contribution in [-0.2, 0) is 0 Å². The van der Waals surface area contributed by atoms with Crippen LogP contribution in [0, 0.1) is 5.41 Å². The molecule has 0 radical (unpaired) electrons. The van der Waals surface area contributed by atoms with Crippen LogP contribution in [0.15, 0.2) is 18.2 Å². The first-order chi connectivity index (χ1) is 7.79. The largest absolute Gasteiger partial charge is 0.494 e. The molecule has 1 amide bonds. The molecule has 0 aliphatic carbocycles. The number of nitrogen functional groups attached to an aromatic ring is 1. The van der Waals surface area contributed by atoms with Gasteiger partial charge in [-0.05, 0) is 30.0 Å². The number of amides is 1. The Balaban J connectivity index is 2.67. The quantitative estimate of drug-likeness (QED) is 0.786. The van der Waals surface area contributed by atoms with Crippen molar-refractivity contribution in [2.75, 3.05) is 12.3 Å². The third kappa shape index (κ3) is 4.34. The molecule has 1 rings (SSSR count). The summed E-state index contributed by atoms with van der Waals surface area (Å²) in [4.78, 5) is 11.1. The molecule has 17 heavy (non-hydrogen) atoms. The molecule has 0 aromatic heterocycles. The number of nitrogens with two attached hydrogens (primary N) is 2. The summed E-state index contributed by atoms with van der Waals surface area (Å²) in [6.45, 7) is 7.04. The summed E-state index contributed by atoms with van der Waals surface area (Å²) in [5.74, 6) is 0.0843. The first kappa shape index (κ1) is 13.4. The fraction of sp³-hybridized carbons (Fsp3) is 0.462. The van der Waals surface area contributed by atoms with E-state index >= 15 is 0 Å². The second-order valence-electron chi connectivity index (χ2n) is 5.27. The van der Waals surface area contributed by atoms with Crippen molar-refractivity contribution in [2.45, 2.75) is 27.2 Å². The molecule has 0 aliphatic rings. The first-order valence-electron chi connectivity index (χ1n) is 5.62. The predicted molar refractivity (Wildman–Crippen MR) is 68.9 cm³/mol. The van der Waals surface area contributed by atoms with E-state index in [1.54, 1.807) is 18.2 Å². The van der Waals surface area contributed by atoms with Gasteiger partial charge in [0.1, 0.15) is 5.75 Å². The van der Waals surface area contributed by atoms with Crippen LogP contribution in [0.2, 0.25) is 0 Å². The van der Waals surface area contributed by atoms with Crippen LogP contribution in [0.1, 0.15) is 37.6 Å². The second-order valence-corrected chi connectivity index (χ2v) is 5.27. The van der Waals surface area contributed by atoms with Crippen molar-refractivity contribution < 1.29 is 9.53 Å². The van der Waals surface area contributed by atoms with Crippen LogP contribution >= 0.6 is 0 Å². The lowest BCUT2D eigenvalue weighted by molar-refractivity contribution is 0.100. The Hall–Kier alpha value is -1.71. The number of ether oxygens (including phenoxy) is 1. The third-order valence-electron chi connectivity index (χ3n) is 2.41. The summed E-state index contributed by atoms with van der Waals surface area (Å²) < 4.78 is 5.56. The Morgan fingerprint density at radius 2 is 2.00 bits per heavy atom. The summed E-state index contributed by atoms with van der Waals surface area (Å²) in [6, 6.07) is 4.96. The van der Waals surface area contributed by atoms with Gasteiger partial charge in [-0.25, -0.2) is 0 Å². The number of benzene rings is 1. The Kier molecular flexibility index (Phi) is 3.99. The Bertz CT molecular complexity index is 408. The van der Waals surface area contributed by atoms with Gasteiger partial charge < -0.3 is 16.2 Å². The molecule has 0 fully saturated rings. The molecule has 0 aliphatic heterocycles. The standard InChI is InChI=1S/C13H20N2O2/c1-13(2,3)6-7-17-9-4-5-11(14)10(8-9)12(15)16/h4-5,8H,6-7,14H2,1-3H3,(H2,15,16). The lowest BCUT2D eigenvalue weighted by atomic mass is 9.93. The Morgan fingerprint density at radius 3 is 2.53 bits per heavy atom. The van der Waals surface area contributed by atoms with E-state index in [0.717, 1.165) is 6.42 Å². The zero-order chi connectivity index (χ0) is 13.1. The van der Waals surface area contributed by atoms with E-state index in [2.05, 4.69) is 20.8 Å². The summed E-state index contributed by atoms with van der Waals surface area (Å²) in [7, 11) is 0. The maximum Gasteiger partial charge on any atom is 0.250 e. The molecule has 4 heteroatoms. The van der Waals surface area contributed by atoms with Crippen LogP contribution in [0.4, 0.5) is 5.69 Å². The average Bonchev–Trinajstić information content (AvgIpc) is 2.18. The molecular formula is C13H20N2O2. The number of rotatable bonds is 4. The summed E-state index contributed by atoms with van der Waals surface area (Å²) >= 11 is 0. The SMILES string of the molecule is CC(C)(C)CCOc1ccc(N)c(C(N)=O)c1. The average molecular weight is 236 g/mol. The lowest BCUT2D eigenvalue weighted by Crippen LogP contribution is -2.14. The van der Waals surface area contributed by atoms with E-state index in [1.165, 1.54) is 0 Å². The Morgan fingerprint density at radius 1 is 1.35 bits per heavy atom. The first-order valence-corrected chi connectivity index (χ1v) is 5.62. The van der Waals surface area contributed by atoms with Gasteiger partial charge in [0.2, 0.25) is 0 Å². The van der Waals surface area contributed by atoms with E-state index in [9.17, 15) is 4.79 Å². The number of hydrogen-bond donors (Lipinski definition) is 2. The van der Waals surface area contributed by atoms with Crippen LogP contribution in [-0.4, -0.2) is 12.5 Å². The van der Waals surface area contributed by atoms with Gasteiger partial charge in [-0.1, -0.05) is 20.8 Å². The molecule has 0 saturated heterocycles. The van der Waals surface area contributed by atoms with E-state index in [-0.39, 0.29) is 5.41 Å². The van der Waals surface area contributed by atoms with E-state index in [0.29, 0.717) is 23.6 Å². The maximum absolute atomic E-state index is 11.1. The Labute approximate surface area is 102 Å². The number of primary amides is 1. The van der Waals surface area contributed by atoms with Gasteiger partial charge in [0.15, 0.2) is 0 Å². The maximum atomic E-state index is 11.1. The van der Waals surface area contributed by atoms with Crippen LogP contribution < -0.4 is 16.2 Å². The minimum atomic E-state index is -0.538. The lowest BCUT2D eigenvalue weighted by Gasteiger charge is -2.18. The van der Waals surface area contributed by atoms with Crippen LogP contribution in [0.25, 0.3) is 0 Å². The van der Waals surface area contributed by atoms with Crippen molar-refractivity contribution in [3.8, 4) is 5.75 Å². The highest BCUT2D eigenvalue weighted by atomic mass is 16.5. The highest BCUT2D eigenvalue weighted by Gasteiger charge is 2.11. The fourth-order valence-corrected chi connectivity index (χ4v) is 1.31. The van der Waals surface area contributed by atoms with E-state index in [1.807, 2.05) is 0 Å². The van der Waals surface area contributed by atoms with Gasteiger partial charge in [0, 0.05) is 5.69 Å². The molecule has 0 saturated carbocycles. The monoisotopic (exact) mass is 236 g/mol. The molecule has 0 atom stereocenters. The van der Waals surface area contributed by atoms with Gasteiger partial charge in [0.05, 0.1) is 12.2 Å². The molecule has 1 aromatic rings. The van der Waals surface area contributed by atoms with Gasteiger partial charge in [-0.2, -0.15) is 0 Å². The number of hydrogen-bond acceptors (Lipinski definition) is 3. The van der Waals surface area contributed by atoms with Gasteiger partial charge in [-0.15, -0.1) is 0 Å². The van der Waals surface area contributed by atoms with Crippen molar-refractivity contribution in [1.29, 1.82) is 0 Å². The number of carbonyl (C=O) groups excluding carboxylic acids is 1.